The predicted molar refractivity (Wildman–Crippen MR) is 135 cm³/mol. The maximum atomic E-state index is 10.6. The molecular formula is C28H55NO. The Balaban J connectivity index is 3.07. The van der Waals surface area contributed by atoms with Gasteiger partial charge in [0.15, 0.2) is 0 Å². The van der Waals surface area contributed by atoms with Crippen LogP contribution in [0.5, 0.6) is 0 Å². The number of primary amides is 1. The molecule has 2 heteroatoms. The summed E-state index contributed by atoms with van der Waals surface area (Å²) in [6, 6.07) is 0. The Labute approximate surface area is 189 Å². The molecule has 0 aliphatic rings. The maximum absolute atomic E-state index is 10.6. The number of carbonyl (C=O) groups is 1. The van der Waals surface area contributed by atoms with Gasteiger partial charge in [-0.05, 0) is 32.1 Å². The standard InChI is InChI=1S/C28H55NO/c1-2-3-4-5-6-7-8-9-10-11-12-13-14-15-16-17-18-19-20-21-22-23-24-25-26-27-28(29)30/h11-12H,2-10,13-27H2,1H3,(H2,29,30)/b12-11-. The van der Waals surface area contributed by atoms with Gasteiger partial charge in [0.1, 0.15) is 0 Å². The molecule has 178 valence electrons. The Hall–Kier alpha value is -0.790. The van der Waals surface area contributed by atoms with Crippen LogP contribution in [0.2, 0.25) is 0 Å². The van der Waals surface area contributed by atoms with Crippen LogP contribution in [0.4, 0.5) is 0 Å². The minimum Gasteiger partial charge on any atom is -0.370 e. The summed E-state index contributed by atoms with van der Waals surface area (Å²) in [6.45, 7) is 2.29. The molecule has 0 unspecified atom stereocenters. The summed E-state index contributed by atoms with van der Waals surface area (Å²) < 4.78 is 0. The number of allylic oxidation sites excluding steroid dienone is 2. The average molecular weight is 422 g/mol. The van der Waals surface area contributed by atoms with Gasteiger partial charge in [-0.2, -0.15) is 0 Å². The van der Waals surface area contributed by atoms with Crippen LogP contribution >= 0.6 is 0 Å². The van der Waals surface area contributed by atoms with Gasteiger partial charge in [0.05, 0.1) is 0 Å². The monoisotopic (exact) mass is 421 g/mol. The Morgan fingerprint density at radius 1 is 0.500 bits per heavy atom. The molecule has 2 nitrogen and oxygen atoms in total. The van der Waals surface area contributed by atoms with Crippen molar-refractivity contribution in [1.82, 2.24) is 0 Å². The number of nitrogens with two attached hydrogens (primary N) is 1. The lowest BCUT2D eigenvalue weighted by atomic mass is 10.0. The van der Waals surface area contributed by atoms with E-state index >= 15 is 0 Å². The van der Waals surface area contributed by atoms with E-state index in [1.54, 1.807) is 0 Å². The first-order valence-electron chi connectivity index (χ1n) is 13.7. The molecule has 0 heterocycles. The first-order valence-corrected chi connectivity index (χ1v) is 13.7. The molecule has 0 saturated carbocycles. The van der Waals surface area contributed by atoms with Crippen molar-refractivity contribution < 1.29 is 4.79 Å². The quantitative estimate of drug-likeness (QED) is 0.116. The van der Waals surface area contributed by atoms with Gasteiger partial charge in [0.2, 0.25) is 5.91 Å². The van der Waals surface area contributed by atoms with E-state index in [2.05, 4.69) is 19.1 Å². The van der Waals surface area contributed by atoms with Crippen LogP contribution in [0.1, 0.15) is 161 Å². The number of unbranched alkanes of at least 4 members (excludes halogenated alkanes) is 21. The lowest BCUT2D eigenvalue weighted by molar-refractivity contribution is -0.118. The van der Waals surface area contributed by atoms with Crippen LogP contribution in [0.25, 0.3) is 0 Å². The highest BCUT2D eigenvalue weighted by molar-refractivity contribution is 5.73. The Morgan fingerprint density at radius 3 is 1.13 bits per heavy atom. The first-order chi connectivity index (χ1) is 14.8. The van der Waals surface area contributed by atoms with E-state index in [1.165, 1.54) is 135 Å². The summed E-state index contributed by atoms with van der Waals surface area (Å²) in [5.74, 6) is -0.152. The molecule has 0 aromatic carbocycles. The van der Waals surface area contributed by atoms with E-state index in [0.717, 1.165) is 12.8 Å². The third-order valence-electron chi connectivity index (χ3n) is 6.18. The van der Waals surface area contributed by atoms with Crippen molar-refractivity contribution in [3.05, 3.63) is 12.2 Å². The number of rotatable bonds is 25. The number of hydrogen-bond acceptors (Lipinski definition) is 1. The molecule has 0 aromatic rings. The zero-order valence-corrected chi connectivity index (χ0v) is 20.6. The maximum Gasteiger partial charge on any atom is 0.217 e. The fourth-order valence-electron chi connectivity index (χ4n) is 4.14. The minimum absolute atomic E-state index is 0.152. The van der Waals surface area contributed by atoms with Crippen LogP contribution in [0, 0.1) is 0 Å². The molecule has 0 radical (unpaired) electrons. The molecule has 0 aromatic heterocycles. The van der Waals surface area contributed by atoms with Crippen molar-refractivity contribution in [2.75, 3.05) is 0 Å². The van der Waals surface area contributed by atoms with E-state index < -0.39 is 0 Å². The molecule has 0 aliphatic carbocycles. The van der Waals surface area contributed by atoms with Gasteiger partial charge < -0.3 is 5.73 Å². The zero-order chi connectivity index (χ0) is 22.0. The van der Waals surface area contributed by atoms with Crippen molar-refractivity contribution in [1.29, 1.82) is 0 Å². The van der Waals surface area contributed by atoms with Gasteiger partial charge >= 0.3 is 0 Å². The van der Waals surface area contributed by atoms with E-state index in [1.807, 2.05) is 0 Å². The summed E-state index contributed by atoms with van der Waals surface area (Å²) >= 11 is 0. The lowest BCUT2D eigenvalue weighted by Gasteiger charge is -2.03. The molecule has 0 rings (SSSR count). The molecular weight excluding hydrogens is 366 g/mol. The van der Waals surface area contributed by atoms with Crippen LogP contribution in [-0.4, -0.2) is 5.91 Å². The van der Waals surface area contributed by atoms with Crippen molar-refractivity contribution in [2.45, 2.75) is 161 Å². The van der Waals surface area contributed by atoms with Gasteiger partial charge in [0, 0.05) is 6.42 Å². The predicted octanol–water partition coefficient (Wildman–Crippen LogP) is 9.41. The highest BCUT2D eigenvalue weighted by Gasteiger charge is 1.96. The zero-order valence-electron chi connectivity index (χ0n) is 20.6. The van der Waals surface area contributed by atoms with Crippen molar-refractivity contribution in [3.63, 3.8) is 0 Å². The summed E-state index contributed by atoms with van der Waals surface area (Å²) in [4.78, 5) is 10.6. The molecule has 0 bridgehead atoms. The normalized spacial score (nSPS) is 11.5. The second kappa shape index (κ2) is 26.2. The summed E-state index contributed by atoms with van der Waals surface area (Å²) in [5, 5.41) is 0. The number of hydrogen-bond donors (Lipinski definition) is 1. The topological polar surface area (TPSA) is 43.1 Å². The number of carbonyl (C=O) groups excluding carboxylic acids is 1. The largest absolute Gasteiger partial charge is 0.370 e. The Morgan fingerprint density at radius 2 is 0.800 bits per heavy atom. The smallest absolute Gasteiger partial charge is 0.217 e. The van der Waals surface area contributed by atoms with Crippen molar-refractivity contribution >= 4 is 5.91 Å². The van der Waals surface area contributed by atoms with Crippen LogP contribution in [-0.2, 0) is 4.79 Å². The number of amides is 1. The van der Waals surface area contributed by atoms with E-state index in [0.29, 0.717) is 6.42 Å². The molecule has 0 spiro atoms. The first kappa shape index (κ1) is 29.2. The summed E-state index contributed by atoms with van der Waals surface area (Å²) in [5.41, 5.74) is 5.15. The van der Waals surface area contributed by atoms with Gasteiger partial charge in [-0.15, -0.1) is 0 Å². The molecule has 0 aliphatic heterocycles. The minimum atomic E-state index is -0.152. The second-order valence-corrected chi connectivity index (χ2v) is 9.34. The fraction of sp³-hybridized carbons (Fsp3) is 0.893. The van der Waals surface area contributed by atoms with E-state index in [-0.39, 0.29) is 5.91 Å². The third-order valence-corrected chi connectivity index (χ3v) is 6.18. The Bertz CT molecular complexity index is 364. The molecule has 0 fully saturated rings. The second-order valence-electron chi connectivity index (χ2n) is 9.34. The lowest BCUT2D eigenvalue weighted by Crippen LogP contribution is -2.09. The molecule has 1 amide bonds. The van der Waals surface area contributed by atoms with Crippen LogP contribution < -0.4 is 5.73 Å². The fourth-order valence-corrected chi connectivity index (χ4v) is 4.14. The summed E-state index contributed by atoms with van der Waals surface area (Å²) in [6.07, 6.45) is 36.7. The van der Waals surface area contributed by atoms with Crippen LogP contribution in [0.15, 0.2) is 12.2 Å². The van der Waals surface area contributed by atoms with Crippen molar-refractivity contribution in [3.8, 4) is 0 Å². The highest BCUT2D eigenvalue weighted by atomic mass is 16.1. The molecule has 0 atom stereocenters. The average Bonchev–Trinajstić information content (AvgIpc) is 2.73. The van der Waals surface area contributed by atoms with Crippen molar-refractivity contribution in [2.24, 2.45) is 5.73 Å². The van der Waals surface area contributed by atoms with E-state index in [9.17, 15) is 4.79 Å². The summed E-state index contributed by atoms with van der Waals surface area (Å²) in [7, 11) is 0. The van der Waals surface area contributed by atoms with Gasteiger partial charge in [-0.25, -0.2) is 0 Å². The Kier molecular flexibility index (Phi) is 25.6. The highest BCUT2D eigenvalue weighted by Crippen LogP contribution is 2.14. The third kappa shape index (κ3) is 27.2. The van der Waals surface area contributed by atoms with E-state index in [4.69, 9.17) is 5.73 Å². The molecule has 2 N–H and O–H groups in total. The van der Waals surface area contributed by atoms with Gasteiger partial charge in [0.25, 0.3) is 0 Å². The SMILES string of the molecule is CCCCCCCCCC/C=C\CCCCCCCCCCCCCCCC(N)=O. The molecule has 30 heavy (non-hydrogen) atoms. The van der Waals surface area contributed by atoms with Gasteiger partial charge in [-0.1, -0.05) is 135 Å². The molecule has 0 saturated heterocycles. The van der Waals surface area contributed by atoms with Crippen LogP contribution in [0.3, 0.4) is 0 Å². The van der Waals surface area contributed by atoms with Gasteiger partial charge in [-0.3, -0.25) is 4.79 Å².